The van der Waals surface area contributed by atoms with Crippen molar-refractivity contribution < 1.29 is 18.3 Å². The molecule has 1 unspecified atom stereocenters. The van der Waals surface area contributed by atoms with E-state index < -0.39 is 17.8 Å². The molecule has 5 heteroatoms. The van der Waals surface area contributed by atoms with E-state index in [1.54, 1.807) is 0 Å². The van der Waals surface area contributed by atoms with Crippen LogP contribution in [0.5, 0.6) is 0 Å². The minimum absolute atomic E-state index is 0.0231. The van der Waals surface area contributed by atoms with Gasteiger partial charge in [-0.25, -0.2) is 0 Å². The van der Waals surface area contributed by atoms with Crippen molar-refractivity contribution in [2.45, 2.75) is 19.2 Å². The molecule has 16 heavy (non-hydrogen) atoms. The molecule has 1 aromatic carbocycles. The Hall–Kier alpha value is -1.67. The molecule has 0 bridgehead atoms. The molecule has 0 heterocycles. The Morgan fingerprint density at radius 1 is 1.38 bits per heavy atom. The van der Waals surface area contributed by atoms with Crippen molar-refractivity contribution >= 4 is 5.69 Å². The van der Waals surface area contributed by atoms with Gasteiger partial charge in [0.15, 0.2) is 0 Å². The van der Waals surface area contributed by atoms with Crippen LogP contribution in [0.1, 0.15) is 18.1 Å². The van der Waals surface area contributed by atoms with Gasteiger partial charge in [0.25, 0.3) is 0 Å². The highest BCUT2D eigenvalue weighted by Gasteiger charge is 2.33. The lowest BCUT2D eigenvalue weighted by Crippen LogP contribution is -2.08. The summed E-state index contributed by atoms with van der Waals surface area (Å²) in [6.45, 7) is 1.37. The van der Waals surface area contributed by atoms with Gasteiger partial charge in [0, 0.05) is 11.3 Å². The molecular formula is C11H10F3NO. The molecule has 0 saturated heterocycles. The Kier molecular flexibility index (Phi) is 3.45. The minimum Gasteiger partial charge on any atom is -0.399 e. The van der Waals surface area contributed by atoms with Gasteiger partial charge in [-0.3, -0.25) is 0 Å². The maximum Gasteiger partial charge on any atom is 0.417 e. The second-order valence-corrected chi connectivity index (χ2v) is 3.25. The van der Waals surface area contributed by atoms with E-state index in [9.17, 15) is 13.2 Å². The van der Waals surface area contributed by atoms with Crippen molar-refractivity contribution in [3.05, 3.63) is 29.3 Å². The summed E-state index contributed by atoms with van der Waals surface area (Å²) in [5.74, 6) is 4.53. The Labute approximate surface area is 90.9 Å². The van der Waals surface area contributed by atoms with E-state index in [0.717, 1.165) is 6.07 Å². The lowest BCUT2D eigenvalue weighted by Gasteiger charge is -2.09. The van der Waals surface area contributed by atoms with Gasteiger partial charge in [-0.15, -0.1) is 0 Å². The van der Waals surface area contributed by atoms with E-state index in [2.05, 4.69) is 11.8 Å². The number of nitrogen functional groups attached to an aromatic ring is 1. The number of anilines is 1. The number of benzene rings is 1. The Morgan fingerprint density at radius 3 is 2.50 bits per heavy atom. The molecule has 0 aliphatic rings. The van der Waals surface area contributed by atoms with Crippen LogP contribution in [-0.2, 0) is 6.18 Å². The zero-order chi connectivity index (χ0) is 12.3. The van der Waals surface area contributed by atoms with Gasteiger partial charge in [0.05, 0.1) is 5.56 Å². The van der Waals surface area contributed by atoms with Gasteiger partial charge in [0.2, 0.25) is 0 Å². The summed E-state index contributed by atoms with van der Waals surface area (Å²) in [6.07, 6.45) is -5.48. The summed E-state index contributed by atoms with van der Waals surface area (Å²) >= 11 is 0. The zero-order valence-electron chi connectivity index (χ0n) is 8.47. The van der Waals surface area contributed by atoms with Crippen LogP contribution in [0, 0.1) is 11.8 Å². The van der Waals surface area contributed by atoms with Crippen LogP contribution in [0.4, 0.5) is 18.9 Å². The number of aliphatic hydroxyl groups excluding tert-OH is 1. The zero-order valence-corrected chi connectivity index (χ0v) is 8.47. The molecule has 1 rings (SSSR count). The molecule has 0 spiro atoms. The van der Waals surface area contributed by atoms with Crippen molar-refractivity contribution in [3.8, 4) is 11.8 Å². The van der Waals surface area contributed by atoms with Crippen LogP contribution < -0.4 is 5.73 Å². The lowest BCUT2D eigenvalue weighted by atomic mass is 10.1. The number of rotatable bonds is 0. The third-order valence-electron chi connectivity index (χ3n) is 1.76. The molecule has 0 amide bonds. The second-order valence-electron chi connectivity index (χ2n) is 3.25. The average molecular weight is 229 g/mol. The van der Waals surface area contributed by atoms with Crippen LogP contribution in [0.15, 0.2) is 18.2 Å². The van der Waals surface area contributed by atoms with Crippen LogP contribution in [-0.4, -0.2) is 11.2 Å². The number of aliphatic hydroxyl groups is 1. The highest BCUT2D eigenvalue weighted by atomic mass is 19.4. The average Bonchev–Trinajstić information content (AvgIpc) is 2.14. The Bertz CT molecular complexity index is 441. The molecular weight excluding hydrogens is 219 g/mol. The maximum absolute atomic E-state index is 12.6. The SMILES string of the molecule is CC(O)C#Cc1ccc(N)cc1C(F)(F)F. The molecule has 0 aliphatic carbocycles. The van der Waals surface area contributed by atoms with Crippen molar-refractivity contribution in [2.24, 2.45) is 0 Å². The summed E-state index contributed by atoms with van der Waals surface area (Å²) in [7, 11) is 0. The molecule has 2 nitrogen and oxygen atoms in total. The summed E-state index contributed by atoms with van der Waals surface area (Å²) in [4.78, 5) is 0. The number of hydrogen-bond donors (Lipinski definition) is 2. The van der Waals surface area contributed by atoms with E-state index in [-0.39, 0.29) is 11.3 Å². The van der Waals surface area contributed by atoms with Crippen molar-refractivity contribution in [3.63, 3.8) is 0 Å². The van der Waals surface area contributed by atoms with Gasteiger partial charge >= 0.3 is 6.18 Å². The summed E-state index contributed by atoms with van der Waals surface area (Å²) in [6, 6.07) is 3.35. The van der Waals surface area contributed by atoms with E-state index in [1.165, 1.54) is 19.1 Å². The monoisotopic (exact) mass is 229 g/mol. The van der Waals surface area contributed by atoms with Crippen molar-refractivity contribution in [2.75, 3.05) is 5.73 Å². The van der Waals surface area contributed by atoms with E-state index in [1.807, 2.05) is 0 Å². The van der Waals surface area contributed by atoms with Gasteiger partial charge < -0.3 is 10.8 Å². The Morgan fingerprint density at radius 2 is 2.00 bits per heavy atom. The molecule has 0 radical (unpaired) electrons. The van der Waals surface area contributed by atoms with Crippen LogP contribution in [0.3, 0.4) is 0 Å². The first-order chi connectivity index (χ1) is 7.30. The quantitative estimate of drug-likeness (QED) is 0.528. The third-order valence-corrected chi connectivity index (χ3v) is 1.76. The molecule has 0 aliphatic heterocycles. The first kappa shape index (κ1) is 12.4. The largest absolute Gasteiger partial charge is 0.417 e. The fraction of sp³-hybridized carbons (Fsp3) is 0.273. The molecule has 86 valence electrons. The first-order valence-electron chi connectivity index (χ1n) is 4.47. The van der Waals surface area contributed by atoms with Crippen molar-refractivity contribution in [1.82, 2.24) is 0 Å². The van der Waals surface area contributed by atoms with Gasteiger partial charge in [-0.2, -0.15) is 13.2 Å². The summed E-state index contributed by atoms with van der Waals surface area (Å²) in [5, 5.41) is 8.88. The summed E-state index contributed by atoms with van der Waals surface area (Å²) < 4.78 is 37.7. The number of alkyl halides is 3. The summed E-state index contributed by atoms with van der Waals surface area (Å²) in [5.41, 5.74) is 4.23. The van der Waals surface area contributed by atoms with Crippen LogP contribution in [0.2, 0.25) is 0 Å². The second kappa shape index (κ2) is 4.45. The number of halogens is 3. The molecule has 1 atom stereocenters. The van der Waals surface area contributed by atoms with Crippen LogP contribution in [0.25, 0.3) is 0 Å². The smallest absolute Gasteiger partial charge is 0.399 e. The van der Waals surface area contributed by atoms with E-state index in [0.29, 0.717) is 0 Å². The fourth-order valence-corrected chi connectivity index (χ4v) is 1.09. The topological polar surface area (TPSA) is 46.2 Å². The minimum atomic E-state index is -4.50. The third kappa shape index (κ3) is 3.17. The van der Waals surface area contributed by atoms with Crippen LogP contribution >= 0.6 is 0 Å². The standard InChI is InChI=1S/C11H10F3NO/c1-7(16)2-3-8-4-5-9(15)6-10(8)11(12,13)14/h4-7,16H,15H2,1H3. The molecule has 0 saturated carbocycles. The predicted octanol–water partition coefficient (Wildman–Crippen LogP) is 2.02. The number of hydrogen-bond acceptors (Lipinski definition) is 2. The van der Waals surface area contributed by atoms with Crippen molar-refractivity contribution in [1.29, 1.82) is 0 Å². The fourth-order valence-electron chi connectivity index (χ4n) is 1.09. The highest BCUT2D eigenvalue weighted by Crippen LogP contribution is 2.32. The van der Waals surface area contributed by atoms with Gasteiger partial charge in [0.1, 0.15) is 6.10 Å². The van der Waals surface area contributed by atoms with E-state index >= 15 is 0 Å². The highest BCUT2D eigenvalue weighted by molar-refractivity contribution is 5.52. The molecule has 3 N–H and O–H groups in total. The first-order valence-corrected chi connectivity index (χ1v) is 4.47. The molecule has 0 fully saturated rings. The molecule has 0 aromatic heterocycles. The van der Waals surface area contributed by atoms with E-state index in [4.69, 9.17) is 10.8 Å². The number of nitrogens with two attached hydrogens (primary N) is 1. The molecule has 1 aromatic rings. The van der Waals surface area contributed by atoms with Gasteiger partial charge in [-0.1, -0.05) is 11.8 Å². The predicted molar refractivity (Wildman–Crippen MR) is 54.4 cm³/mol. The lowest BCUT2D eigenvalue weighted by molar-refractivity contribution is -0.137. The normalized spacial score (nSPS) is 12.8. The Balaban J connectivity index is 3.26. The van der Waals surface area contributed by atoms with Gasteiger partial charge in [-0.05, 0) is 25.1 Å². The maximum atomic E-state index is 12.6.